The van der Waals surface area contributed by atoms with Crippen LogP contribution in [0.4, 0.5) is 5.69 Å². The SMILES string of the molecule is CCCOc1ccccc1NC(=O)CSc1cc(Br)ccc1C. The van der Waals surface area contributed by atoms with E-state index in [0.29, 0.717) is 18.1 Å². The second-order valence-electron chi connectivity index (χ2n) is 5.09. The molecule has 0 saturated heterocycles. The number of hydrogen-bond donors (Lipinski definition) is 1. The van der Waals surface area contributed by atoms with Crippen LogP contribution in [0.1, 0.15) is 18.9 Å². The zero-order chi connectivity index (χ0) is 16.7. The molecule has 122 valence electrons. The molecule has 0 bridgehead atoms. The third-order valence-corrected chi connectivity index (χ3v) is 4.78. The van der Waals surface area contributed by atoms with Crippen LogP contribution in [-0.2, 0) is 4.79 Å². The van der Waals surface area contributed by atoms with Gasteiger partial charge in [0.2, 0.25) is 5.91 Å². The topological polar surface area (TPSA) is 38.3 Å². The highest BCUT2D eigenvalue weighted by molar-refractivity contribution is 9.10. The second-order valence-corrected chi connectivity index (χ2v) is 7.02. The van der Waals surface area contributed by atoms with Crippen LogP contribution >= 0.6 is 27.7 Å². The molecular formula is C18H20BrNO2S. The highest BCUT2D eigenvalue weighted by atomic mass is 79.9. The van der Waals surface area contributed by atoms with E-state index in [1.165, 1.54) is 11.8 Å². The van der Waals surface area contributed by atoms with Crippen molar-refractivity contribution in [2.24, 2.45) is 0 Å². The van der Waals surface area contributed by atoms with Crippen molar-refractivity contribution in [2.75, 3.05) is 17.7 Å². The number of nitrogens with one attached hydrogen (secondary N) is 1. The molecule has 0 aromatic heterocycles. The number of anilines is 1. The van der Waals surface area contributed by atoms with E-state index in [9.17, 15) is 4.79 Å². The Balaban J connectivity index is 1.96. The quantitative estimate of drug-likeness (QED) is 0.650. The van der Waals surface area contributed by atoms with Gasteiger partial charge < -0.3 is 10.1 Å². The van der Waals surface area contributed by atoms with E-state index in [1.807, 2.05) is 49.4 Å². The van der Waals surface area contributed by atoms with E-state index in [4.69, 9.17) is 4.74 Å². The van der Waals surface area contributed by atoms with Gasteiger partial charge in [0.25, 0.3) is 0 Å². The summed E-state index contributed by atoms with van der Waals surface area (Å²) in [6, 6.07) is 13.6. The number of thioether (sulfide) groups is 1. The van der Waals surface area contributed by atoms with Gasteiger partial charge in [0.1, 0.15) is 5.75 Å². The summed E-state index contributed by atoms with van der Waals surface area (Å²) in [5.41, 5.74) is 1.88. The van der Waals surface area contributed by atoms with E-state index in [2.05, 4.69) is 28.2 Å². The van der Waals surface area contributed by atoms with Gasteiger partial charge in [-0.05, 0) is 43.2 Å². The molecule has 0 spiro atoms. The molecule has 1 amide bonds. The van der Waals surface area contributed by atoms with Crippen molar-refractivity contribution in [1.29, 1.82) is 0 Å². The molecule has 0 saturated carbocycles. The fourth-order valence-electron chi connectivity index (χ4n) is 1.97. The third-order valence-electron chi connectivity index (χ3n) is 3.13. The predicted octanol–water partition coefficient (Wildman–Crippen LogP) is 5.28. The molecule has 5 heteroatoms. The number of rotatable bonds is 7. The van der Waals surface area contributed by atoms with Gasteiger partial charge in [0.15, 0.2) is 0 Å². The maximum absolute atomic E-state index is 12.2. The second kappa shape index (κ2) is 8.99. The number of ether oxygens (including phenoxy) is 1. The summed E-state index contributed by atoms with van der Waals surface area (Å²) < 4.78 is 6.67. The number of aryl methyl sites for hydroxylation is 1. The summed E-state index contributed by atoms with van der Waals surface area (Å²) >= 11 is 4.99. The Morgan fingerprint density at radius 3 is 2.83 bits per heavy atom. The third kappa shape index (κ3) is 5.59. The first-order valence-electron chi connectivity index (χ1n) is 7.50. The van der Waals surface area contributed by atoms with Gasteiger partial charge in [-0.15, -0.1) is 11.8 Å². The predicted molar refractivity (Wildman–Crippen MR) is 100 cm³/mol. The maximum Gasteiger partial charge on any atom is 0.234 e. The Morgan fingerprint density at radius 2 is 2.04 bits per heavy atom. The van der Waals surface area contributed by atoms with E-state index in [1.54, 1.807) is 0 Å². The molecule has 0 aliphatic carbocycles. The molecule has 0 aliphatic rings. The number of halogens is 1. The minimum absolute atomic E-state index is 0.0399. The normalized spacial score (nSPS) is 10.4. The fourth-order valence-corrected chi connectivity index (χ4v) is 3.34. The molecule has 0 atom stereocenters. The number of carbonyl (C=O) groups is 1. The Bertz CT molecular complexity index is 676. The van der Waals surface area contributed by atoms with Gasteiger partial charge in [0.05, 0.1) is 18.0 Å². The van der Waals surface area contributed by atoms with Crippen LogP contribution < -0.4 is 10.1 Å². The highest BCUT2D eigenvalue weighted by Gasteiger charge is 2.09. The number of hydrogen-bond acceptors (Lipinski definition) is 3. The van der Waals surface area contributed by atoms with Crippen LogP contribution in [0.25, 0.3) is 0 Å². The van der Waals surface area contributed by atoms with Crippen molar-refractivity contribution in [3.05, 3.63) is 52.5 Å². The smallest absolute Gasteiger partial charge is 0.234 e. The summed E-state index contributed by atoms with van der Waals surface area (Å²) in [4.78, 5) is 13.3. The summed E-state index contributed by atoms with van der Waals surface area (Å²) in [6.45, 7) is 4.73. The molecule has 0 fully saturated rings. The monoisotopic (exact) mass is 393 g/mol. The van der Waals surface area contributed by atoms with Crippen LogP contribution in [0, 0.1) is 6.92 Å². The van der Waals surface area contributed by atoms with E-state index < -0.39 is 0 Å². The van der Waals surface area contributed by atoms with Crippen molar-refractivity contribution < 1.29 is 9.53 Å². The van der Waals surface area contributed by atoms with Crippen molar-refractivity contribution in [3.63, 3.8) is 0 Å². The molecule has 1 N–H and O–H groups in total. The van der Waals surface area contributed by atoms with Crippen LogP contribution in [0.5, 0.6) is 5.75 Å². The van der Waals surface area contributed by atoms with Gasteiger partial charge >= 0.3 is 0 Å². The molecular weight excluding hydrogens is 374 g/mol. The molecule has 0 radical (unpaired) electrons. The van der Waals surface area contributed by atoms with Gasteiger partial charge in [0, 0.05) is 9.37 Å². The molecule has 2 rings (SSSR count). The lowest BCUT2D eigenvalue weighted by Crippen LogP contribution is -2.15. The Hall–Kier alpha value is -1.46. The zero-order valence-electron chi connectivity index (χ0n) is 13.3. The van der Waals surface area contributed by atoms with Gasteiger partial charge in [-0.25, -0.2) is 0 Å². The molecule has 0 aliphatic heterocycles. The minimum atomic E-state index is -0.0399. The summed E-state index contributed by atoms with van der Waals surface area (Å²) in [7, 11) is 0. The van der Waals surface area contributed by atoms with Gasteiger partial charge in [-0.1, -0.05) is 41.1 Å². The van der Waals surface area contributed by atoms with E-state index >= 15 is 0 Å². The first-order chi connectivity index (χ1) is 11.1. The molecule has 2 aromatic rings. The molecule has 0 unspecified atom stereocenters. The maximum atomic E-state index is 12.2. The van der Waals surface area contributed by atoms with E-state index in [0.717, 1.165) is 27.0 Å². The van der Waals surface area contributed by atoms with Crippen molar-refractivity contribution in [2.45, 2.75) is 25.2 Å². The average Bonchev–Trinajstić information content (AvgIpc) is 2.55. The lowest BCUT2D eigenvalue weighted by Gasteiger charge is -2.12. The summed E-state index contributed by atoms with van der Waals surface area (Å²) in [5, 5.41) is 2.93. The zero-order valence-corrected chi connectivity index (χ0v) is 15.7. The summed E-state index contributed by atoms with van der Waals surface area (Å²) in [5.74, 6) is 1.03. The van der Waals surface area contributed by atoms with Crippen LogP contribution in [0.15, 0.2) is 51.8 Å². The van der Waals surface area contributed by atoms with Crippen molar-refractivity contribution >= 4 is 39.3 Å². The Morgan fingerprint density at radius 1 is 1.26 bits per heavy atom. The minimum Gasteiger partial charge on any atom is -0.491 e. The molecule has 23 heavy (non-hydrogen) atoms. The van der Waals surface area contributed by atoms with Crippen LogP contribution in [0.3, 0.4) is 0 Å². The Kier molecular flexibility index (Phi) is 6.99. The largest absolute Gasteiger partial charge is 0.491 e. The molecule has 3 nitrogen and oxygen atoms in total. The lowest BCUT2D eigenvalue weighted by molar-refractivity contribution is -0.113. The van der Waals surface area contributed by atoms with E-state index in [-0.39, 0.29) is 5.91 Å². The van der Waals surface area contributed by atoms with Crippen LogP contribution in [0.2, 0.25) is 0 Å². The highest BCUT2D eigenvalue weighted by Crippen LogP contribution is 2.27. The number of benzene rings is 2. The first kappa shape index (κ1) is 17.9. The lowest BCUT2D eigenvalue weighted by atomic mass is 10.2. The standard InChI is InChI=1S/C18H20BrNO2S/c1-3-10-22-16-7-5-4-6-15(16)20-18(21)12-23-17-11-14(19)9-8-13(17)2/h4-9,11H,3,10,12H2,1-2H3,(H,20,21). The van der Waals surface area contributed by atoms with Crippen molar-refractivity contribution in [3.8, 4) is 5.75 Å². The fraction of sp³-hybridized carbons (Fsp3) is 0.278. The van der Waals surface area contributed by atoms with Crippen molar-refractivity contribution in [1.82, 2.24) is 0 Å². The van der Waals surface area contributed by atoms with Crippen LogP contribution in [-0.4, -0.2) is 18.3 Å². The number of para-hydroxylation sites is 2. The Labute approximate surface area is 149 Å². The number of carbonyl (C=O) groups excluding carboxylic acids is 1. The molecule has 2 aromatic carbocycles. The average molecular weight is 394 g/mol. The number of amides is 1. The first-order valence-corrected chi connectivity index (χ1v) is 9.28. The van der Waals surface area contributed by atoms with Gasteiger partial charge in [-0.3, -0.25) is 4.79 Å². The molecule has 0 heterocycles. The van der Waals surface area contributed by atoms with Gasteiger partial charge in [-0.2, -0.15) is 0 Å². The summed E-state index contributed by atoms with van der Waals surface area (Å²) in [6.07, 6.45) is 0.931.